The molecule has 1 aromatic rings. The summed E-state index contributed by atoms with van der Waals surface area (Å²) in [7, 11) is 0. The molecule has 4 rings (SSSR count). The van der Waals surface area contributed by atoms with E-state index in [1.54, 1.807) is 17.1 Å². The van der Waals surface area contributed by atoms with Gasteiger partial charge >= 0.3 is 0 Å². The summed E-state index contributed by atoms with van der Waals surface area (Å²) in [5.74, 6) is 1.06. The highest BCUT2D eigenvalue weighted by atomic mass is 16.5. The lowest BCUT2D eigenvalue weighted by molar-refractivity contribution is -0.124. The van der Waals surface area contributed by atoms with Crippen LogP contribution < -0.4 is 10.8 Å². The Morgan fingerprint density at radius 1 is 1.14 bits per heavy atom. The van der Waals surface area contributed by atoms with Gasteiger partial charge in [0.2, 0.25) is 0 Å². The third-order valence-electron chi connectivity index (χ3n) is 6.64. The summed E-state index contributed by atoms with van der Waals surface area (Å²) in [6, 6.07) is 9.00. The number of carbonyl (C=O) groups excluding carboxylic acids is 1. The number of nitrogens with zero attached hydrogens (tertiary/aromatic N) is 1. The van der Waals surface area contributed by atoms with E-state index in [1.807, 2.05) is 12.1 Å². The van der Waals surface area contributed by atoms with E-state index in [2.05, 4.69) is 28.5 Å². The van der Waals surface area contributed by atoms with Gasteiger partial charge in [0.1, 0.15) is 0 Å². The highest BCUT2D eigenvalue weighted by molar-refractivity contribution is 5.90. The van der Waals surface area contributed by atoms with Crippen molar-refractivity contribution in [3.63, 3.8) is 0 Å². The summed E-state index contributed by atoms with van der Waals surface area (Å²) in [6.07, 6.45) is 13.4. The average Bonchev–Trinajstić information content (AvgIpc) is 3.18. The van der Waals surface area contributed by atoms with E-state index in [9.17, 15) is 4.79 Å². The van der Waals surface area contributed by atoms with Gasteiger partial charge in [-0.3, -0.25) is 14.9 Å². The Bertz CT molecular complexity index is 733. The minimum Gasteiger partial charge on any atom is -0.388 e. The number of nitrogens with one attached hydrogen (secondary N) is 2. The second kappa shape index (κ2) is 8.93. The van der Waals surface area contributed by atoms with Gasteiger partial charge in [-0.25, -0.2) is 5.48 Å². The van der Waals surface area contributed by atoms with Gasteiger partial charge in [0.05, 0.1) is 0 Å². The van der Waals surface area contributed by atoms with E-state index in [0.717, 1.165) is 43.1 Å². The molecular weight excluding hydrogens is 350 g/mol. The van der Waals surface area contributed by atoms with Gasteiger partial charge in [0.15, 0.2) is 0 Å². The number of fused-ring (bicyclic) bond motifs is 1. The molecule has 1 aromatic carbocycles. The van der Waals surface area contributed by atoms with Gasteiger partial charge in [-0.05, 0) is 73.7 Å². The SMILES string of the molecule is O=C(/C=C/c1ccc(CN2CCC(C3=CN[C@H]4CCCCC34)CC2)cc1)NO. The molecular formula is C23H31N3O2. The molecule has 5 nitrogen and oxygen atoms in total. The summed E-state index contributed by atoms with van der Waals surface area (Å²) in [5.41, 5.74) is 5.57. The summed E-state index contributed by atoms with van der Waals surface area (Å²) < 4.78 is 0. The van der Waals surface area contributed by atoms with Gasteiger partial charge in [-0.15, -0.1) is 0 Å². The van der Waals surface area contributed by atoms with E-state index in [-0.39, 0.29) is 0 Å². The molecule has 1 saturated carbocycles. The van der Waals surface area contributed by atoms with Crippen molar-refractivity contribution in [3.8, 4) is 0 Å². The summed E-state index contributed by atoms with van der Waals surface area (Å²) in [6.45, 7) is 3.31. The first-order chi connectivity index (χ1) is 13.7. The fourth-order valence-corrected chi connectivity index (χ4v) is 5.09. The minimum absolute atomic E-state index is 0.515. The molecule has 2 aliphatic heterocycles. The van der Waals surface area contributed by atoms with Crippen molar-refractivity contribution in [1.29, 1.82) is 0 Å². The molecule has 2 fully saturated rings. The Morgan fingerprint density at radius 3 is 2.64 bits per heavy atom. The van der Waals surface area contributed by atoms with Gasteiger partial charge in [0.25, 0.3) is 5.91 Å². The van der Waals surface area contributed by atoms with Crippen LogP contribution in [0.25, 0.3) is 6.08 Å². The lowest BCUT2D eigenvalue weighted by Gasteiger charge is -2.36. The number of rotatable bonds is 5. The first-order valence-electron chi connectivity index (χ1n) is 10.6. The molecule has 1 unspecified atom stereocenters. The number of benzene rings is 1. The maximum Gasteiger partial charge on any atom is 0.267 e. The van der Waals surface area contributed by atoms with Crippen LogP contribution in [-0.4, -0.2) is 35.1 Å². The zero-order valence-corrected chi connectivity index (χ0v) is 16.4. The standard InChI is InChI=1S/C23H31N3O2/c27-23(25-28)10-9-17-5-7-18(8-6-17)16-26-13-11-19(12-14-26)21-15-24-22-4-2-1-3-20(21)22/h5-10,15,19-20,22,24,28H,1-4,11-14,16H2,(H,25,27)/b10-9+/t20?,22-/m0/s1. The predicted octanol–water partition coefficient (Wildman–Crippen LogP) is 3.46. The number of hydrogen-bond donors (Lipinski definition) is 3. The monoisotopic (exact) mass is 381 g/mol. The number of carbonyl (C=O) groups is 1. The van der Waals surface area contributed by atoms with Crippen molar-refractivity contribution >= 4 is 12.0 Å². The fourth-order valence-electron chi connectivity index (χ4n) is 5.09. The Balaban J connectivity index is 1.26. The number of amides is 1. The summed E-state index contributed by atoms with van der Waals surface area (Å²) >= 11 is 0. The smallest absolute Gasteiger partial charge is 0.267 e. The van der Waals surface area contributed by atoms with Crippen LogP contribution in [0.4, 0.5) is 0 Å². The second-order valence-corrected chi connectivity index (χ2v) is 8.41. The second-order valence-electron chi connectivity index (χ2n) is 8.41. The van der Waals surface area contributed by atoms with Crippen LogP contribution in [0.3, 0.4) is 0 Å². The quantitative estimate of drug-likeness (QED) is 0.415. The molecule has 0 bridgehead atoms. The normalized spacial score (nSPS) is 26.0. The van der Waals surface area contributed by atoms with E-state index < -0.39 is 5.91 Å². The lowest BCUT2D eigenvalue weighted by atomic mass is 9.75. The molecule has 1 amide bonds. The Morgan fingerprint density at radius 2 is 1.89 bits per heavy atom. The van der Waals surface area contributed by atoms with Gasteiger partial charge in [-0.2, -0.15) is 0 Å². The van der Waals surface area contributed by atoms with Crippen molar-refractivity contribution in [3.05, 3.63) is 53.2 Å². The van der Waals surface area contributed by atoms with Crippen LogP contribution in [0.2, 0.25) is 0 Å². The van der Waals surface area contributed by atoms with Crippen molar-refractivity contribution in [1.82, 2.24) is 15.7 Å². The van der Waals surface area contributed by atoms with E-state index >= 15 is 0 Å². The van der Waals surface area contributed by atoms with Crippen molar-refractivity contribution in [2.24, 2.45) is 11.8 Å². The predicted molar refractivity (Wildman–Crippen MR) is 110 cm³/mol. The summed E-state index contributed by atoms with van der Waals surface area (Å²) in [4.78, 5) is 13.6. The molecule has 1 saturated heterocycles. The molecule has 0 spiro atoms. The molecule has 2 heterocycles. The topological polar surface area (TPSA) is 64.6 Å². The van der Waals surface area contributed by atoms with E-state index in [4.69, 9.17) is 5.21 Å². The zero-order valence-electron chi connectivity index (χ0n) is 16.4. The van der Waals surface area contributed by atoms with Gasteiger partial charge < -0.3 is 5.32 Å². The number of likely N-dealkylation sites (tertiary alicyclic amines) is 1. The molecule has 0 aromatic heterocycles. The maximum atomic E-state index is 11.1. The van der Waals surface area contributed by atoms with Crippen molar-refractivity contribution in [2.75, 3.05) is 13.1 Å². The maximum absolute atomic E-state index is 11.1. The van der Waals surface area contributed by atoms with Crippen LogP contribution in [-0.2, 0) is 11.3 Å². The van der Waals surface area contributed by atoms with E-state index in [0.29, 0.717) is 0 Å². The van der Waals surface area contributed by atoms with Gasteiger partial charge in [-0.1, -0.05) is 37.1 Å². The number of hydrogen-bond acceptors (Lipinski definition) is 4. The van der Waals surface area contributed by atoms with Crippen LogP contribution in [0.5, 0.6) is 0 Å². The molecule has 150 valence electrons. The van der Waals surface area contributed by atoms with Crippen LogP contribution in [0.15, 0.2) is 42.1 Å². The molecule has 1 aliphatic carbocycles. The summed E-state index contributed by atoms with van der Waals surface area (Å²) in [5, 5.41) is 12.2. The van der Waals surface area contributed by atoms with Crippen molar-refractivity contribution < 1.29 is 10.0 Å². The Kier molecular flexibility index (Phi) is 6.13. The highest BCUT2D eigenvalue weighted by Gasteiger charge is 2.36. The van der Waals surface area contributed by atoms with Crippen molar-refractivity contribution in [2.45, 2.75) is 51.1 Å². The average molecular weight is 382 g/mol. The molecule has 3 N–H and O–H groups in total. The lowest BCUT2D eigenvalue weighted by Crippen LogP contribution is -2.36. The van der Waals surface area contributed by atoms with Crippen LogP contribution >= 0.6 is 0 Å². The first kappa shape index (κ1) is 19.2. The van der Waals surface area contributed by atoms with Crippen LogP contribution in [0, 0.1) is 11.8 Å². The molecule has 3 aliphatic rings. The third kappa shape index (κ3) is 4.47. The third-order valence-corrected chi connectivity index (χ3v) is 6.64. The van der Waals surface area contributed by atoms with E-state index in [1.165, 1.54) is 50.2 Å². The molecule has 28 heavy (non-hydrogen) atoms. The van der Waals surface area contributed by atoms with Crippen LogP contribution in [0.1, 0.15) is 49.7 Å². The minimum atomic E-state index is -0.515. The van der Waals surface area contributed by atoms with Gasteiger partial charge in [0, 0.05) is 24.6 Å². The molecule has 0 radical (unpaired) electrons. The first-order valence-corrected chi connectivity index (χ1v) is 10.6. The molecule has 5 heteroatoms. The Labute approximate surface area is 167 Å². The highest BCUT2D eigenvalue weighted by Crippen LogP contribution is 2.40. The largest absolute Gasteiger partial charge is 0.388 e. The fraction of sp³-hybridized carbons (Fsp3) is 0.522. The number of piperidine rings is 1. The molecule has 2 atom stereocenters. The number of hydroxylamine groups is 1. The Hall–Kier alpha value is -2.11. The zero-order chi connectivity index (χ0) is 19.3.